The maximum Gasteiger partial charge on any atom is 0.204 e. The van der Waals surface area contributed by atoms with Gasteiger partial charge in [-0.2, -0.15) is 0 Å². The molecule has 19 heavy (non-hydrogen) atoms. The maximum absolute atomic E-state index is 4.40. The molecule has 2 rings (SSSR count). The van der Waals surface area contributed by atoms with Crippen molar-refractivity contribution in [3.8, 4) is 0 Å². The number of hydrogen-bond acceptors (Lipinski definition) is 4. The van der Waals surface area contributed by atoms with Crippen molar-refractivity contribution in [2.45, 2.75) is 19.5 Å². The van der Waals surface area contributed by atoms with Crippen LogP contribution in [0, 0.1) is 0 Å². The van der Waals surface area contributed by atoms with E-state index in [4.69, 9.17) is 0 Å². The third-order valence-electron chi connectivity index (χ3n) is 3.26. The van der Waals surface area contributed by atoms with E-state index in [0.29, 0.717) is 6.04 Å². The Morgan fingerprint density at radius 1 is 1.32 bits per heavy atom. The highest BCUT2D eigenvalue weighted by Gasteiger charge is 2.09. The Morgan fingerprint density at radius 3 is 2.58 bits per heavy atom. The number of aromatic nitrogens is 3. The number of nitrogens with one attached hydrogen (secondary N) is 1. The summed E-state index contributed by atoms with van der Waals surface area (Å²) in [6, 6.07) is 4.36. The van der Waals surface area contributed by atoms with Gasteiger partial charge in [-0.25, -0.2) is 4.98 Å². The SMILES string of the molecule is C[C@H](NCc1cnc(N(C)C)n1C)c1ccncc1. The first kappa shape index (κ1) is 13.5. The van der Waals surface area contributed by atoms with Crippen molar-refractivity contribution < 1.29 is 0 Å². The first-order chi connectivity index (χ1) is 9.09. The van der Waals surface area contributed by atoms with Crippen LogP contribution in [0.15, 0.2) is 30.7 Å². The maximum atomic E-state index is 4.40. The molecule has 1 atom stereocenters. The number of pyridine rings is 1. The van der Waals surface area contributed by atoms with Crippen molar-refractivity contribution in [1.82, 2.24) is 19.9 Å². The second-order valence-corrected chi connectivity index (χ2v) is 4.89. The normalized spacial score (nSPS) is 12.4. The molecule has 2 heterocycles. The molecule has 0 saturated heterocycles. The van der Waals surface area contributed by atoms with E-state index in [1.165, 1.54) is 11.3 Å². The molecule has 0 amide bonds. The Labute approximate surface area is 114 Å². The lowest BCUT2D eigenvalue weighted by Crippen LogP contribution is -2.20. The van der Waals surface area contributed by atoms with Crippen LogP contribution >= 0.6 is 0 Å². The summed E-state index contributed by atoms with van der Waals surface area (Å²) in [6.45, 7) is 2.94. The van der Waals surface area contributed by atoms with Gasteiger partial charge in [0.1, 0.15) is 0 Å². The zero-order valence-electron chi connectivity index (χ0n) is 12.0. The van der Waals surface area contributed by atoms with Crippen LogP contribution in [0.2, 0.25) is 0 Å². The van der Waals surface area contributed by atoms with Gasteiger partial charge in [0.2, 0.25) is 5.95 Å². The molecule has 5 nitrogen and oxygen atoms in total. The third-order valence-corrected chi connectivity index (χ3v) is 3.26. The Bertz CT molecular complexity index is 518. The predicted octanol–water partition coefficient (Wildman–Crippen LogP) is 1.73. The van der Waals surface area contributed by atoms with E-state index in [1.807, 2.05) is 56.8 Å². The van der Waals surface area contributed by atoms with Gasteiger partial charge in [-0.15, -0.1) is 0 Å². The van der Waals surface area contributed by atoms with Crippen molar-refractivity contribution in [2.24, 2.45) is 7.05 Å². The van der Waals surface area contributed by atoms with Crippen LogP contribution in [0.4, 0.5) is 5.95 Å². The van der Waals surface area contributed by atoms with Gasteiger partial charge < -0.3 is 14.8 Å². The van der Waals surface area contributed by atoms with Crippen LogP contribution in [0.3, 0.4) is 0 Å². The Balaban J connectivity index is 1.99. The van der Waals surface area contributed by atoms with Gasteiger partial charge in [0.15, 0.2) is 0 Å². The molecule has 0 radical (unpaired) electrons. The van der Waals surface area contributed by atoms with Crippen molar-refractivity contribution >= 4 is 5.95 Å². The van der Waals surface area contributed by atoms with Gasteiger partial charge in [-0.3, -0.25) is 4.98 Å². The highest BCUT2D eigenvalue weighted by Crippen LogP contribution is 2.14. The molecule has 0 bridgehead atoms. The summed E-state index contributed by atoms with van der Waals surface area (Å²) >= 11 is 0. The van der Waals surface area contributed by atoms with Crippen LogP contribution in [0.25, 0.3) is 0 Å². The van der Waals surface area contributed by atoms with Crippen LogP contribution in [0.5, 0.6) is 0 Å². The smallest absolute Gasteiger partial charge is 0.204 e. The fourth-order valence-corrected chi connectivity index (χ4v) is 2.04. The van der Waals surface area contributed by atoms with E-state index >= 15 is 0 Å². The average molecular weight is 259 g/mol. The van der Waals surface area contributed by atoms with Gasteiger partial charge in [0.05, 0.1) is 11.9 Å². The molecule has 1 N–H and O–H groups in total. The summed E-state index contributed by atoms with van der Waals surface area (Å²) in [7, 11) is 6.04. The van der Waals surface area contributed by atoms with Gasteiger partial charge >= 0.3 is 0 Å². The van der Waals surface area contributed by atoms with Crippen molar-refractivity contribution in [3.05, 3.63) is 42.0 Å². The molecule has 0 aliphatic carbocycles. The fourth-order valence-electron chi connectivity index (χ4n) is 2.04. The van der Waals surface area contributed by atoms with Gasteiger partial charge in [0, 0.05) is 46.1 Å². The molecule has 0 aliphatic heterocycles. The topological polar surface area (TPSA) is 46.0 Å². The van der Waals surface area contributed by atoms with E-state index in [1.54, 1.807) is 0 Å². The van der Waals surface area contributed by atoms with Crippen molar-refractivity contribution in [1.29, 1.82) is 0 Å². The van der Waals surface area contributed by atoms with Crippen LogP contribution < -0.4 is 10.2 Å². The quantitative estimate of drug-likeness (QED) is 0.888. The highest BCUT2D eigenvalue weighted by atomic mass is 15.3. The summed E-state index contributed by atoms with van der Waals surface area (Å²) in [6.07, 6.45) is 5.56. The van der Waals surface area contributed by atoms with Crippen LogP contribution in [0.1, 0.15) is 24.2 Å². The molecular formula is C14H21N5. The van der Waals surface area contributed by atoms with Gasteiger partial charge in [-0.05, 0) is 24.6 Å². The molecule has 5 heteroatoms. The summed E-state index contributed by atoms with van der Waals surface area (Å²) in [5, 5.41) is 3.50. The summed E-state index contributed by atoms with van der Waals surface area (Å²) in [5.74, 6) is 0.966. The van der Waals surface area contributed by atoms with Crippen LogP contribution in [-0.2, 0) is 13.6 Å². The van der Waals surface area contributed by atoms with Gasteiger partial charge in [-0.1, -0.05) is 0 Å². The first-order valence-corrected chi connectivity index (χ1v) is 6.41. The highest BCUT2D eigenvalue weighted by molar-refractivity contribution is 5.31. The fraction of sp³-hybridized carbons (Fsp3) is 0.429. The summed E-state index contributed by atoms with van der Waals surface area (Å²) in [4.78, 5) is 10.5. The molecule has 2 aromatic heterocycles. The molecule has 2 aromatic rings. The standard InChI is InChI=1S/C14H21N5/c1-11(12-5-7-15-8-6-12)16-9-13-10-17-14(18(2)3)19(13)4/h5-8,10-11,16H,9H2,1-4H3/t11-/m0/s1. The molecule has 0 unspecified atom stereocenters. The predicted molar refractivity (Wildman–Crippen MR) is 77.0 cm³/mol. The summed E-state index contributed by atoms with van der Waals surface area (Å²) < 4.78 is 2.10. The lowest BCUT2D eigenvalue weighted by atomic mass is 10.1. The Hall–Kier alpha value is -1.88. The molecule has 0 aromatic carbocycles. The molecular weight excluding hydrogens is 238 g/mol. The number of rotatable bonds is 5. The summed E-state index contributed by atoms with van der Waals surface area (Å²) in [5.41, 5.74) is 2.41. The number of hydrogen-bond donors (Lipinski definition) is 1. The molecule has 0 fully saturated rings. The zero-order chi connectivity index (χ0) is 13.8. The zero-order valence-corrected chi connectivity index (χ0v) is 12.0. The van der Waals surface area contributed by atoms with Gasteiger partial charge in [0.25, 0.3) is 0 Å². The monoisotopic (exact) mass is 259 g/mol. The van der Waals surface area contributed by atoms with E-state index < -0.39 is 0 Å². The van der Waals surface area contributed by atoms with E-state index in [0.717, 1.165) is 12.5 Å². The first-order valence-electron chi connectivity index (χ1n) is 6.41. The molecule has 0 aliphatic rings. The van der Waals surface area contributed by atoms with E-state index in [-0.39, 0.29) is 0 Å². The minimum absolute atomic E-state index is 0.292. The van der Waals surface area contributed by atoms with Crippen LogP contribution in [-0.4, -0.2) is 28.6 Å². The third kappa shape index (κ3) is 3.12. The average Bonchev–Trinajstić information content (AvgIpc) is 2.78. The van der Waals surface area contributed by atoms with E-state index in [9.17, 15) is 0 Å². The Morgan fingerprint density at radius 2 is 2.00 bits per heavy atom. The number of anilines is 1. The number of nitrogens with zero attached hydrogens (tertiary/aromatic N) is 4. The lowest BCUT2D eigenvalue weighted by molar-refractivity contribution is 0.557. The largest absolute Gasteiger partial charge is 0.348 e. The Kier molecular flexibility index (Phi) is 4.16. The minimum Gasteiger partial charge on any atom is -0.348 e. The van der Waals surface area contributed by atoms with E-state index in [2.05, 4.69) is 26.8 Å². The molecule has 0 saturated carbocycles. The minimum atomic E-state index is 0.292. The second-order valence-electron chi connectivity index (χ2n) is 4.89. The molecule has 0 spiro atoms. The second kappa shape index (κ2) is 5.84. The molecule has 102 valence electrons. The lowest BCUT2D eigenvalue weighted by Gasteiger charge is -2.16. The van der Waals surface area contributed by atoms with Crippen molar-refractivity contribution in [2.75, 3.05) is 19.0 Å². The number of imidazole rings is 1. The van der Waals surface area contributed by atoms with Crippen molar-refractivity contribution in [3.63, 3.8) is 0 Å².